The molecule has 1 aromatic carbocycles. The molecule has 0 aliphatic carbocycles. The van der Waals surface area contributed by atoms with Crippen LogP contribution in [0.3, 0.4) is 0 Å². The molecule has 0 saturated heterocycles. The Bertz CT molecular complexity index is 474. The normalized spacial score (nSPS) is 12.9. The SMILES string of the molecule is CNC(c1cccc(CC(C)C)c1)c1ccco1. The minimum Gasteiger partial charge on any atom is -0.467 e. The van der Waals surface area contributed by atoms with Crippen molar-refractivity contribution < 1.29 is 4.42 Å². The van der Waals surface area contributed by atoms with Crippen molar-refractivity contribution >= 4 is 0 Å². The van der Waals surface area contributed by atoms with E-state index in [4.69, 9.17) is 4.42 Å². The summed E-state index contributed by atoms with van der Waals surface area (Å²) >= 11 is 0. The summed E-state index contributed by atoms with van der Waals surface area (Å²) in [5.41, 5.74) is 2.64. The zero-order chi connectivity index (χ0) is 13.0. The first-order valence-corrected chi connectivity index (χ1v) is 6.50. The third kappa shape index (κ3) is 3.02. The lowest BCUT2D eigenvalue weighted by molar-refractivity contribution is 0.463. The Kier molecular flexibility index (Phi) is 4.21. The van der Waals surface area contributed by atoms with Crippen molar-refractivity contribution in [1.29, 1.82) is 0 Å². The standard InChI is InChI=1S/C16H21NO/c1-12(2)10-13-6-4-7-14(11-13)16(17-3)15-8-5-9-18-15/h4-9,11-12,16-17H,10H2,1-3H3. The lowest BCUT2D eigenvalue weighted by atomic mass is 9.97. The number of hydrogen-bond acceptors (Lipinski definition) is 2. The second-order valence-corrected chi connectivity index (χ2v) is 5.08. The molecule has 0 fully saturated rings. The Morgan fingerprint density at radius 2 is 2.00 bits per heavy atom. The molecule has 0 radical (unpaired) electrons. The van der Waals surface area contributed by atoms with Crippen LogP contribution in [0.25, 0.3) is 0 Å². The molecular formula is C16H21NO. The maximum absolute atomic E-state index is 5.50. The maximum atomic E-state index is 5.50. The summed E-state index contributed by atoms with van der Waals surface area (Å²) in [7, 11) is 1.96. The summed E-state index contributed by atoms with van der Waals surface area (Å²) in [6.45, 7) is 4.49. The predicted molar refractivity (Wildman–Crippen MR) is 74.6 cm³/mol. The molecule has 1 aromatic heterocycles. The van der Waals surface area contributed by atoms with E-state index in [1.807, 2.05) is 19.2 Å². The van der Waals surface area contributed by atoms with Gasteiger partial charge in [-0.25, -0.2) is 0 Å². The van der Waals surface area contributed by atoms with Gasteiger partial charge in [-0.3, -0.25) is 0 Å². The number of hydrogen-bond donors (Lipinski definition) is 1. The molecule has 0 bridgehead atoms. The Morgan fingerprint density at radius 3 is 2.61 bits per heavy atom. The molecule has 2 aromatic rings. The fourth-order valence-electron chi connectivity index (χ4n) is 2.30. The van der Waals surface area contributed by atoms with Crippen molar-refractivity contribution in [2.45, 2.75) is 26.3 Å². The van der Waals surface area contributed by atoms with Crippen molar-refractivity contribution in [2.24, 2.45) is 5.92 Å². The average molecular weight is 243 g/mol. The molecule has 0 aliphatic heterocycles. The zero-order valence-corrected chi connectivity index (χ0v) is 11.3. The Balaban J connectivity index is 2.26. The summed E-state index contributed by atoms with van der Waals surface area (Å²) in [5.74, 6) is 1.64. The van der Waals surface area contributed by atoms with Gasteiger partial charge in [-0.05, 0) is 42.6 Å². The van der Waals surface area contributed by atoms with Crippen LogP contribution in [0.2, 0.25) is 0 Å². The number of benzene rings is 1. The Labute approximate surface area is 109 Å². The van der Waals surface area contributed by atoms with Gasteiger partial charge in [0.15, 0.2) is 0 Å². The molecule has 1 atom stereocenters. The molecule has 0 amide bonds. The van der Waals surface area contributed by atoms with E-state index in [1.165, 1.54) is 11.1 Å². The van der Waals surface area contributed by atoms with Gasteiger partial charge in [0.25, 0.3) is 0 Å². The van der Waals surface area contributed by atoms with Gasteiger partial charge in [0.2, 0.25) is 0 Å². The minimum absolute atomic E-state index is 0.132. The molecule has 2 rings (SSSR count). The monoisotopic (exact) mass is 243 g/mol. The maximum Gasteiger partial charge on any atom is 0.125 e. The molecule has 0 spiro atoms. The van der Waals surface area contributed by atoms with Crippen LogP contribution < -0.4 is 5.32 Å². The molecule has 18 heavy (non-hydrogen) atoms. The molecule has 0 saturated carbocycles. The number of rotatable bonds is 5. The highest BCUT2D eigenvalue weighted by molar-refractivity contribution is 5.30. The summed E-state index contributed by atoms with van der Waals surface area (Å²) in [5, 5.41) is 3.31. The summed E-state index contributed by atoms with van der Waals surface area (Å²) < 4.78 is 5.50. The highest BCUT2D eigenvalue weighted by Crippen LogP contribution is 2.23. The first kappa shape index (κ1) is 12.9. The lowest BCUT2D eigenvalue weighted by Crippen LogP contribution is -2.17. The van der Waals surface area contributed by atoms with Gasteiger partial charge in [-0.15, -0.1) is 0 Å². The van der Waals surface area contributed by atoms with Gasteiger partial charge in [0.05, 0.1) is 12.3 Å². The molecule has 0 aliphatic rings. The van der Waals surface area contributed by atoms with E-state index in [-0.39, 0.29) is 6.04 Å². The van der Waals surface area contributed by atoms with E-state index in [1.54, 1.807) is 6.26 Å². The first-order chi connectivity index (χ1) is 8.70. The topological polar surface area (TPSA) is 25.2 Å². The van der Waals surface area contributed by atoms with Gasteiger partial charge in [0, 0.05) is 0 Å². The van der Waals surface area contributed by atoms with Gasteiger partial charge in [-0.1, -0.05) is 38.1 Å². The molecule has 1 N–H and O–H groups in total. The van der Waals surface area contributed by atoms with Crippen LogP contribution in [0.15, 0.2) is 47.1 Å². The van der Waals surface area contributed by atoms with Crippen molar-refractivity contribution in [1.82, 2.24) is 5.32 Å². The number of furan rings is 1. The zero-order valence-electron chi connectivity index (χ0n) is 11.3. The second-order valence-electron chi connectivity index (χ2n) is 5.08. The highest BCUT2D eigenvalue weighted by Gasteiger charge is 2.14. The van der Waals surface area contributed by atoms with Crippen LogP contribution in [0.1, 0.15) is 36.8 Å². The minimum atomic E-state index is 0.132. The van der Waals surface area contributed by atoms with E-state index < -0.39 is 0 Å². The van der Waals surface area contributed by atoms with Crippen LogP contribution in [-0.4, -0.2) is 7.05 Å². The van der Waals surface area contributed by atoms with Crippen molar-refractivity contribution in [3.63, 3.8) is 0 Å². The van der Waals surface area contributed by atoms with E-state index in [0.717, 1.165) is 12.2 Å². The van der Waals surface area contributed by atoms with Crippen LogP contribution in [0, 0.1) is 5.92 Å². The van der Waals surface area contributed by atoms with Crippen molar-refractivity contribution in [3.05, 3.63) is 59.5 Å². The average Bonchev–Trinajstić information content (AvgIpc) is 2.83. The summed E-state index contributed by atoms with van der Waals surface area (Å²) in [6.07, 6.45) is 2.83. The van der Waals surface area contributed by atoms with E-state index in [9.17, 15) is 0 Å². The largest absolute Gasteiger partial charge is 0.467 e. The molecule has 2 heteroatoms. The number of nitrogens with one attached hydrogen (secondary N) is 1. The quantitative estimate of drug-likeness (QED) is 0.864. The molecule has 96 valence electrons. The van der Waals surface area contributed by atoms with Gasteiger partial charge >= 0.3 is 0 Å². The predicted octanol–water partition coefficient (Wildman–Crippen LogP) is 3.79. The third-order valence-corrected chi connectivity index (χ3v) is 3.04. The third-order valence-electron chi connectivity index (χ3n) is 3.04. The Hall–Kier alpha value is -1.54. The molecule has 1 heterocycles. The smallest absolute Gasteiger partial charge is 0.125 e. The lowest BCUT2D eigenvalue weighted by Gasteiger charge is -2.15. The van der Waals surface area contributed by atoms with Gasteiger partial charge in [0.1, 0.15) is 5.76 Å². The van der Waals surface area contributed by atoms with Crippen molar-refractivity contribution in [3.8, 4) is 0 Å². The van der Waals surface area contributed by atoms with Crippen LogP contribution in [0.5, 0.6) is 0 Å². The fourth-order valence-corrected chi connectivity index (χ4v) is 2.30. The van der Waals surface area contributed by atoms with Gasteiger partial charge < -0.3 is 9.73 Å². The van der Waals surface area contributed by atoms with E-state index >= 15 is 0 Å². The van der Waals surface area contributed by atoms with Gasteiger partial charge in [-0.2, -0.15) is 0 Å². The van der Waals surface area contributed by atoms with E-state index in [0.29, 0.717) is 5.92 Å². The van der Waals surface area contributed by atoms with E-state index in [2.05, 4.69) is 43.4 Å². The van der Waals surface area contributed by atoms with Crippen LogP contribution in [0.4, 0.5) is 0 Å². The Morgan fingerprint density at radius 1 is 1.17 bits per heavy atom. The second kappa shape index (κ2) is 5.87. The highest BCUT2D eigenvalue weighted by atomic mass is 16.3. The molecule has 2 nitrogen and oxygen atoms in total. The summed E-state index contributed by atoms with van der Waals surface area (Å²) in [4.78, 5) is 0. The molecule has 1 unspecified atom stereocenters. The van der Waals surface area contributed by atoms with Crippen LogP contribution in [-0.2, 0) is 6.42 Å². The molecular weight excluding hydrogens is 222 g/mol. The summed E-state index contributed by atoms with van der Waals surface area (Å²) in [6, 6.07) is 12.8. The van der Waals surface area contributed by atoms with Crippen LogP contribution >= 0.6 is 0 Å². The van der Waals surface area contributed by atoms with Crippen molar-refractivity contribution in [2.75, 3.05) is 7.05 Å². The first-order valence-electron chi connectivity index (χ1n) is 6.50. The fraction of sp³-hybridized carbons (Fsp3) is 0.375.